The summed E-state index contributed by atoms with van der Waals surface area (Å²) in [7, 11) is 0. The van der Waals surface area contributed by atoms with Crippen LogP contribution in [0.25, 0.3) is 22.8 Å². The summed E-state index contributed by atoms with van der Waals surface area (Å²) in [5.41, 5.74) is 13.0. The van der Waals surface area contributed by atoms with Gasteiger partial charge in [0.25, 0.3) is 0 Å². The number of rotatable bonds is 3. The molecule has 0 radical (unpaired) electrons. The lowest BCUT2D eigenvalue weighted by molar-refractivity contribution is 0.546. The Balaban J connectivity index is 1.96. The van der Waals surface area contributed by atoms with Gasteiger partial charge in [0.15, 0.2) is 0 Å². The lowest BCUT2D eigenvalue weighted by Crippen LogP contribution is -2.45. The molecule has 1 aliphatic heterocycles. The summed E-state index contributed by atoms with van der Waals surface area (Å²) in [6, 6.07) is 7.81. The van der Waals surface area contributed by atoms with Crippen LogP contribution in [0, 0.1) is 35.4 Å². The van der Waals surface area contributed by atoms with E-state index in [1.807, 2.05) is 13.0 Å². The van der Waals surface area contributed by atoms with Gasteiger partial charge in [0.2, 0.25) is 0 Å². The molecule has 1 aromatic carbocycles. The van der Waals surface area contributed by atoms with Gasteiger partial charge in [-0.2, -0.15) is 10.5 Å². The van der Waals surface area contributed by atoms with Crippen LogP contribution in [0.5, 0.6) is 0 Å². The minimum Gasteiger partial charge on any atom is -0.383 e. The molecule has 2 heterocycles. The van der Waals surface area contributed by atoms with Crippen molar-refractivity contribution in [2.75, 3.05) is 17.2 Å². The lowest BCUT2D eigenvalue weighted by Gasteiger charge is -2.43. The third-order valence-electron chi connectivity index (χ3n) is 6.83. The van der Waals surface area contributed by atoms with Gasteiger partial charge in [0, 0.05) is 28.9 Å². The molecule has 6 heteroatoms. The molecular formula is C28H28FN5. The fourth-order valence-corrected chi connectivity index (χ4v) is 5.21. The summed E-state index contributed by atoms with van der Waals surface area (Å²) in [6.45, 7) is 12.9. The fraction of sp³-hybridized carbons (Fsp3) is 0.321. The smallest absolute Gasteiger partial charge is 0.142 e. The van der Waals surface area contributed by atoms with Crippen LogP contribution in [0.1, 0.15) is 74.6 Å². The number of nitrogens with zero attached hydrogens (tertiary/aromatic N) is 4. The normalized spacial score (nSPS) is 17.3. The monoisotopic (exact) mass is 453 g/mol. The Bertz CT molecular complexity index is 1410. The summed E-state index contributed by atoms with van der Waals surface area (Å²) in [4.78, 5) is 6.60. The van der Waals surface area contributed by atoms with Gasteiger partial charge in [-0.15, -0.1) is 0 Å². The van der Waals surface area contributed by atoms with Crippen molar-refractivity contribution < 1.29 is 4.39 Å². The van der Waals surface area contributed by atoms with Crippen molar-refractivity contribution >= 4 is 34.3 Å². The van der Waals surface area contributed by atoms with E-state index in [4.69, 9.17) is 5.73 Å². The maximum Gasteiger partial charge on any atom is 0.142 e. The second-order valence-electron chi connectivity index (χ2n) is 9.53. The van der Waals surface area contributed by atoms with Crippen LogP contribution in [0.15, 0.2) is 23.8 Å². The average molecular weight is 454 g/mol. The highest BCUT2D eigenvalue weighted by Gasteiger charge is 2.33. The molecule has 0 atom stereocenters. The molecule has 1 aliphatic carbocycles. The molecule has 0 amide bonds. The number of allylic oxidation sites excluding steroid dienone is 4. The summed E-state index contributed by atoms with van der Waals surface area (Å²) < 4.78 is 15.6. The first-order valence-corrected chi connectivity index (χ1v) is 11.4. The summed E-state index contributed by atoms with van der Waals surface area (Å²) >= 11 is 0. The molecule has 2 N–H and O–H groups in total. The Morgan fingerprint density at radius 2 is 1.88 bits per heavy atom. The van der Waals surface area contributed by atoms with Crippen LogP contribution in [0.2, 0.25) is 0 Å². The summed E-state index contributed by atoms with van der Waals surface area (Å²) in [6.07, 6.45) is 4.94. The second kappa shape index (κ2) is 8.15. The van der Waals surface area contributed by atoms with Crippen molar-refractivity contribution in [1.82, 2.24) is 4.98 Å². The van der Waals surface area contributed by atoms with Crippen LogP contribution >= 0.6 is 0 Å². The van der Waals surface area contributed by atoms with Gasteiger partial charge < -0.3 is 10.6 Å². The van der Waals surface area contributed by atoms with Crippen molar-refractivity contribution in [3.63, 3.8) is 0 Å². The number of aromatic nitrogens is 1. The summed E-state index contributed by atoms with van der Waals surface area (Å²) in [5.74, 6) is -0.237. The summed E-state index contributed by atoms with van der Waals surface area (Å²) in [5, 5.41) is 19.4. The zero-order chi connectivity index (χ0) is 24.9. The van der Waals surface area contributed by atoms with Gasteiger partial charge in [-0.1, -0.05) is 13.0 Å². The lowest BCUT2D eigenvalue weighted by atomic mass is 9.87. The van der Waals surface area contributed by atoms with E-state index in [9.17, 15) is 10.5 Å². The molecule has 5 nitrogen and oxygen atoms in total. The number of nitriles is 2. The van der Waals surface area contributed by atoms with E-state index >= 15 is 4.39 Å². The van der Waals surface area contributed by atoms with Gasteiger partial charge in [0.1, 0.15) is 23.8 Å². The molecule has 2 aromatic rings. The minimum absolute atomic E-state index is 0.0971. The van der Waals surface area contributed by atoms with E-state index in [2.05, 4.69) is 55.8 Å². The zero-order valence-electron chi connectivity index (χ0n) is 20.5. The molecule has 2 aliphatic rings. The molecule has 0 unspecified atom stereocenters. The number of benzene rings is 1. The topological polar surface area (TPSA) is 89.7 Å². The maximum absolute atomic E-state index is 15.6. The minimum atomic E-state index is -0.334. The number of pyridine rings is 1. The van der Waals surface area contributed by atoms with E-state index in [1.54, 1.807) is 19.1 Å². The van der Waals surface area contributed by atoms with Crippen molar-refractivity contribution in [3.8, 4) is 12.1 Å². The molecular weight excluding hydrogens is 425 g/mol. The molecule has 0 saturated carbocycles. The van der Waals surface area contributed by atoms with Crippen molar-refractivity contribution in [2.24, 2.45) is 0 Å². The third kappa shape index (κ3) is 3.38. The van der Waals surface area contributed by atoms with Crippen LogP contribution in [-0.2, 0) is 0 Å². The largest absolute Gasteiger partial charge is 0.383 e. The Hall–Kier alpha value is -3.90. The fourth-order valence-electron chi connectivity index (χ4n) is 5.21. The molecule has 0 saturated heterocycles. The van der Waals surface area contributed by atoms with E-state index in [0.29, 0.717) is 39.1 Å². The van der Waals surface area contributed by atoms with E-state index in [-0.39, 0.29) is 22.7 Å². The molecule has 172 valence electrons. The molecule has 34 heavy (non-hydrogen) atoms. The van der Waals surface area contributed by atoms with E-state index in [0.717, 1.165) is 29.8 Å². The first-order valence-electron chi connectivity index (χ1n) is 11.4. The number of halogens is 1. The Morgan fingerprint density at radius 3 is 2.50 bits per heavy atom. The molecule has 0 fully saturated rings. The van der Waals surface area contributed by atoms with Crippen LogP contribution in [0.3, 0.4) is 0 Å². The highest BCUT2D eigenvalue weighted by molar-refractivity contribution is 6.09. The van der Waals surface area contributed by atoms with E-state index in [1.165, 1.54) is 0 Å². The van der Waals surface area contributed by atoms with Gasteiger partial charge in [-0.05, 0) is 81.5 Å². The zero-order valence-corrected chi connectivity index (χ0v) is 20.5. The first-order chi connectivity index (χ1) is 16.0. The SMILES string of the molecule is CCCN1c2cc(F)c(/C=C3\C(C)=C(C#N)c4nc(N)c(C#N)c(C)c43)cc2C(C)=CC1(C)C. The van der Waals surface area contributed by atoms with Crippen molar-refractivity contribution in [2.45, 2.75) is 53.5 Å². The van der Waals surface area contributed by atoms with Crippen molar-refractivity contribution in [1.29, 1.82) is 10.5 Å². The number of nitrogens with two attached hydrogens (primary N) is 1. The Labute approximate surface area is 200 Å². The van der Waals surface area contributed by atoms with E-state index < -0.39 is 0 Å². The number of nitrogen functional groups attached to an aromatic ring is 1. The van der Waals surface area contributed by atoms with Crippen LogP contribution in [-0.4, -0.2) is 17.1 Å². The highest BCUT2D eigenvalue weighted by Crippen LogP contribution is 2.45. The van der Waals surface area contributed by atoms with Gasteiger partial charge >= 0.3 is 0 Å². The molecule has 1 aromatic heterocycles. The maximum atomic E-state index is 15.6. The predicted octanol–water partition coefficient (Wildman–Crippen LogP) is 6.25. The van der Waals surface area contributed by atoms with Crippen molar-refractivity contribution in [3.05, 3.63) is 63.1 Å². The molecule has 0 bridgehead atoms. The molecule has 0 spiro atoms. The van der Waals surface area contributed by atoms with Crippen LogP contribution < -0.4 is 10.6 Å². The Morgan fingerprint density at radius 1 is 1.18 bits per heavy atom. The number of fused-ring (bicyclic) bond motifs is 2. The molecule has 4 rings (SSSR count). The second-order valence-corrected chi connectivity index (χ2v) is 9.53. The number of hydrogen-bond acceptors (Lipinski definition) is 5. The van der Waals surface area contributed by atoms with Gasteiger partial charge in [0.05, 0.1) is 22.4 Å². The quantitative estimate of drug-likeness (QED) is 0.593. The number of anilines is 2. The average Bonchev–Trinajstić information content (AvgIpc) is 3.02. The van der Waals surface area contributed by atoms with Gasteiger partial charge in [-0.25, -0.2) is 9.37 Å². The predicted molar refractivity (Wildman–Crippen MR) is 136 cm³/mol. The standard InChI is InChI=1S/C28H28FN5/c1-7-8-34-24-11-23(29)18(9-19(24)15(2)12-28(34,5)6)10-20-16(3)21(13-30)26-25(20)17(4)22(14-31)27(32)33-26/h9-12H,7-8H2,1-6H3,(H2,32,33)/b20-10+. The highest BCUT2D eigenvalue weighted by atomic mass is 19.1. The number of hydrogen-bond donors (Lipinski definition) is 1. The third-order valence-corrected chi connectivity index (χ3v) is 6.83. The first kappa shape index (κ1) is 23.3. The van der Waals surface area contributed by atoms with Crippen LogP contribution in [0.4, 0.5) is 15.9 Å². The van der Waals surface area contributed by atoms with Gasteiger partial charge in [-0.3, -0.25) is 0 Å². The Kier molecular flexibility index (Phi) is 5.58.